The number of hydrogen-bond acceptors (Lipinski definition) is 0. The fourth-order valence-electron chi connectivity index (χ4n) is 9.01. The van der Waals surface area contributed by atoms with E-state index in [-0.39, 0.29) is 0 Å². The van der Waals surface area contributed by atoms with E-state index >= 15 is 0 Å². The molecule has 0 aliphatic rings. The quantitative estimate of drug-likeness (QED) is 0.101. The van der Waals surface area contributed by atoms with Crippen molar-refractivity contribution in [1.82, 2.24) is 0 Å². The van der Waals surface area contributed by atoms with Crippen LogP contribution < -0.4 is 69.0 Å². The maximum absolute atomic E-state index is 2.85. The molecule has 0 spiro atoms. The lowest BCUT2D eigenvalue weighted by molar-refractivity contribution is 1.73. The van der Waals surface area contributed by atoms with Crippen molar-refractivity contribution in [2.45, 2.75) is 0 Å². The molecule has 0 fully saturated rings. The Morgan fingerprint density at radius 1 is 0.188 bits per heavy atom. The van der Waals surface area contributed by atoms with Gasteiger partial charge in [-0.3, -0.25) is 0 Å². The second kappa shape index (κ2) is 19.8. The summed E-state index contributed by atoms with van der Waals surface area (Å²) in [5, 5.41) is 17.8. The summed E-state index contributed by atoms with van der Waals surface area (Å²) >= 11 is 0. The molecule has 10 aromatic carbocycles. The summed E-state index contributed by atoms with van der Waals surface area (Å²) in [6.07, 6.45) is 0. The standard InChI is InChI=1S/C60H47P4/c1-8-28-48(29-9-1)61(49-30-10-2-11-31-49)55-42-22-25-45-58(55)64(54-40-20-7-21-41-54,59-46-26-23-43-56(59)62(50-32-12-3-13-33-50)51-34-14-4-15-35-51)60-47-27-24-44-57(60)63(52-36-16-5-17-37-52)53-38-18-6-19-39-53/h1-47H/q+1. The summed E-state index contributed by atoms with van der Waals surface area (Å²) < 4.78 is 0. The summed E-state index contributed by atoms with van der Waals surface area (Å²) in [6, 6.07) is 108. The minimum Gasteiger partial charge on any atom is -0.0622 e. The molecule has 0 nitrogen and oxygen atoms in total. The Balaban J connectivity index is 1.40. The summed E-state index contributed by atoms with van der Waals surface area (Å²) in [6.45, 7) is 0. The first kappa shape index (κ1) is 41.9. The lowest BCUT2D eigenvalue weighted by Gasteiger charge is -2.36. The minimum atomic E-state index is -2.85. The molecule has 10 aromatic rings. The van der Waals surface area contributed by atoms with Crippen LogP contribution in [0.4, 0.5) is 0 Å². The molecule has 0 heterocycles. The van der Waals surface area contributed by atoms with E-state index in [9.17, 15) is 0 Å². The highest BCUT2D eigenvalue weighted by molar-refractivity contribution is 8.05. The third kappa shape index (κ3) is 8.26. The van der Waals surface area contributed by atoms with Crippen LogP contribution in [-0.4, -0.2) is 0 Å². The average Bonchev–Trinajstić information content (AvgIpc) is 3.38. The topological polar surface area (TPSA) is 0 Å². The van der Waals surface area contributed by atoms with Crippen molar-refractivity contribution in [2.24, 2.45) is 0 Å². The van der Waals surface area contributed by atoms with Gasteiger partial charge in [0.25, 0.3) is 0 Å². The molecular formula is C60H47P4+. The molecule has 0 aliphatic heterocycles. The van der Waals surface area contributed by atoms with E-state index in [1.807, 2.05) is 0 Å². The monoisotopic (exact) mass is 891 g/mol. The van der Waals surface area contributed by atoms with Gasteiger partial charge in [-0.25, -0.2) is 0 Å². The molecule has 0 aromatic heterocycles. The largest absolute Gasteiger partial charge is 0.146 e. The van der Waals surface area contributed by atoms with E-state index in [1.54, 1.807) is 0 Å². The number of benzene rings is 10. The van der Waals surface area contributed by atoms with E-state index in [0.29, 0.717) is 0 Å². The molecule has 306 valence electrons. The van der Waals surface area contributed by atoms with Crippen LogP contribution in [-0.2, 0) is 0 Å². The highest BCUT2D eigenvalue weighted by atomic mass is 31.2. The maximum atomic E-state index is 2.51. The van der Waals surface area contributed by atoms with Crippen molar-refractivity contribution >= 4 is 100.0 Å². The lowest BCUT2D eigenvalue weighted by atomic mass is 10.3. The van der Waals surface area contributed by atoms with Crippen molar-refractivity contribution in [2.75, 3.05) is 0 Å². The predicted octanol–water partition coefficient (Wildman–Crippen LogP) is 9.58. The summed E-state index contributed by atoms with van der Waals surface area (Å²) in [5.41, 5.74) is 0. The van der Waals surface area contributed by atoms with Crippen molar-refractivity contribution in [3.63, 3.8) is 0 Å². The fourth-order valence-corrected chi connectivity index (χ4v) is 22.7. The van der Waals surface area contributed by atoms with Gasteiger partial charge in [0, 0.05) is 15.9 Å². The molecule has 0 radical (unpaired) electrons. The van der Waals surface area contributed by atoms with Gasteiger partial charge in [-0.1, -0.05) is 237 Å². The van der Waals surface area contributed by atoms with Crippen LogP contribution in [0.5, 0.6) is 0 Å². The highest BCUT2D eigenvalue weighted by Crippen LogP contribution is 2.57. The van der Waals surface area contributed by atoms with Crippen LogP contribution in [0.25, 0.3) is 0 Å². The summed E-state index contributed by atoms with van der Waals surface area (Å²) in [7, 11) is -5.82. The first-order valence-electron chi connectivity index (χ1n) is 21.8. The molecule has 0 N–H and O–H groups in total. The SMILES string of the molecule is c1ccc(P(c2ccccc2)c2ccccc2[P+](c2ccccc2)(c2ccccc2P(c2ccccc2)c2ccccc2)c2ccccc2P(c2ccccc2)c2ccccc2)cc1. The van der Waals surface area contributed by atoms with Crippen LogP contribution in [0.2, 0.25) is 0 Å². The minimum absolute atomic E-state index is 0.989. The molecule has 64 heavy (non-hydrogen) atoms. The molecule has 0 saturated heterocycles. The zero-order chi connectivity index (χ0) is 43.0. The van der Waals surface area contributed by atoms with Crippen LogP contribution >= 0.6 is 31.0 Å². The Morgan fingerprint density at radius 3 is 0.609 bits per heavy atom. The number of rotatable bonds is 13. The second-order valence-electron chi connectivity index (χ2n) is 15.5. The fraction of sp³-hybridized carbons (Fsp3) is 0. The van der Waals surface area contributed by atoms with Gasteiger partial charge in [-0.05, 0) is 104 Å². The van der Waals surface area contributed by atoms with Gasteiger partial charge in [0.05, 0.1) is 0 Å². The van der Waals surface area contributed by atoms with Crippen LogP contribution in [0.1, 0.15) is 0 Å². The van der Waals surface area contributed by atoms with Gasteiger partial charge in [-0.15, -0.1) is 0 Å². The van der Waals surface area contributed by atoms with Crippen molar-refractivity contribution in [3.8, 4) is 0 Å². The summed E-state index contributed by atoms with van der Waals surface area (Å²) in [5.74, 6) is 0. The Morgan fingerprint density at radius 2 is 0.375 bits per heavy atom. The predicted molar refractivity (Wildman–Crippen MR) is 287 cm³/mol. The lowest BCUT2D eigenvalue weighted by Crippen LogP contribution is -2.52. The first-order chi connectivity index (χ1) is 31.8. The van der Waals surface area contributed by atoms with Gasteiger partial charge < -0.3 is 0 Å². The smallest absolute Gasteiger partial charge is 0.0622 e. The van der Waals surface area contributed by atoms with Crippen molar-refractivity contribution in [1.29, 1.82) is 0 Å². The first-order valence-corrected chi connectivity index (χ1v) is 27.6. The third-order valence-electron chi connectivity index (χ3n) is 11.7. The molecular weight excluding hydrogens is 845 g/mol. The summed E-state index contributed by atoms with van der Waals surface area (Å²) in [4.78, 5) is 0. The van der Waals surface area contributed by atoms with Crippen molar-refractivity contribution < 1.29 is 0 Å². The molecule has 0 atom stereocenters. The van der Waals surface area contributed by atoms with Gasteiger partial charge >= 0.3 is 0 Å². The van der Waals surface area contributed by atoms with E-state index < -0.39 is 31.0 Å². The molecule has 0 bridgehead atoms. The molecule has 10 rings (SSSR count). The number of hydrogen-bond donors (Lipinski definition) is 0. The Kier molecular flexibility index (Phi) is 12.9. The second-order valence-corrected chi connectivity index (χ2v) is 25.4. The van der Waals surface area contributed by atoms with Crippen molar-refractivity contribution in [3.05, 3.63) is 285 Å². The molecule has 0 amide bonds. The van der Waals surface area contributed by atoms with Crippen LogP contribution in [0.3, 0.4) is 0 Å². The Hall–Kier alpha value is -6.08. The van der Waals surface area contributed by atoms with Gasteiger partial charge in [-0.2, -0.15) is 0 Å². The highest BCUT2D eigenvalue weighted by Gasteiger charge is 2.54. The molecule has 4 heteroatoms. The third-order valence-corrected chi connectivity index (χ3v) is 24.1. The Labute approximate surface area is 383 Å². The van der Waals surface area contributed by atoms with Crippen LogP contribution in [0.15, 0.2) is 285 Å². The normalized spacial score (nSPS) is 11.5. The average molecular weight is 892 g/mol. The van der Waals surface area contributed by atoms with Gasteiger partial charge in [0.1, 0.15) is 28.5 Å². The van der Waals surface area contributed by atoms with E-state index in [0.717, 1.165) is 0 Å². The zero-order valence-corrected chi connectivity index (χ0v) is 39.0. The molecule has 0 aliphatic carbocycles. The van der Waals surface area contributed by atoms with E-state index in [4.69, 9.17) is 0 Å². The zero-order valence-electron chi connectivity index (χ0n) is 35.4. The van der Waals surface area contributed by atoms with Gasteiger partial charge in [0.2, 0.25) is 0 Å². The van der Waals surface area contributed by atoms with E-state index in [2.05, 4.69) is 285 Å². The Bertz CT molecular complexity index is 2620. The molecule has 0 unspecified atom stereocenters. The van der Waals surface area contributed by atoms with Gasteiger partial charge in [0.15, 0.2) is 0 Å². The van der Waals surface area contributed by atoms with Crippen LogP contribution in [0, 0.1) is 0 Å². The molecule has 0 saturated carbocycles. The van der Waals surface area contributed by atoms with E-state index in [1.165, 1.54) is 69.0 Å². The maximum Gasteiger partial charge on any atom is 0.146 e.